The quantitative estimate of drug-likeness (QED) is 0.465. The molecule has 0 amide bonds. The van der Waals surface area contributed by atoms with Crippen LogP contribution in [0.4, 0.5) is 0 Å². The summed E-state index contributed by atoms with van der Waals surface area (Å²) >= 11 is 0. The number of esters is 1. The van der Waals surface area contributed by atoms with E-state index in [4.69, 9.17) is 4.74 Å². The summed E-state index contributed by atoms with van der Waals surface area (Å²) in [7, 11) is 0. The molecule has 1 atom stereocenters. The number of fused-ring (bicyclic) bond motifs is 1. The largest absolute Gasteiger partial charge is 0.465 e. The maximum Gasteiger partial charge on any atom is 0.324 e. The van der Waals surface area contributed by atoms with Gasteiger partial charge < -0.3 is 4.74 Å². The molecule has 24 heavy (non-hydrogen) atoms. The molecule has 1 aliphatic rings. The van der Waals surface area contributed by atoms with Crippen LogP contribution in [0.5, 0.6) is 0 Å². The zero-order valence-corrected chi connectivity index (χ0v) is 15.3. The highest BCUT2D eigenvalue weighted by Crippen LogP contribution is 2.45. The van der Waals surface area contributed by atoms with Gasteiger partial charge in [-0.15, -0.1) is 0 Å². The fraction of sp³-hybridized carbons (Fsp3) is 0.429. The number of carbonyl (C=O) groups excluding carboxylic acids is 2. The first kappa shape index (κ1) is 18.2. The Kier molecular flexibility index (Phi) is 5.12. The second kappa shape index (κ2) is 6.76. The third-order valence-electron chi connectivity index (χ3n) is 4.83. The molecule has 0 N–H and O–H groups in total. The van der Waals surface area contributed by atoms with Crippen LogP contribution >= 0.6 is 0 Å². The van der Waals surface area contributed by atoms with Crippen molar-refractivity contribution in [1.29, 1.82) is 0 Å². The Balaban J connectivity index is 2.74. The van der Waals surface area contributed by atoms with E-state index in [1.807, 2.05) is 33.8 Å². The summed E-state index contributed by atoms with van der Waals surface area (Å²) in [6.07, 6.45) is 2.74. The number of hydrogen-bond acceptors (Lipinski definition) is 3. The minimum atomic E-state index is -1.27. The van der Waals surface area contributed by atoms with Crippen molar-refractivity contribution >= 4 is 11.8 Å². The minimum Gasteiger partial charge on any atom is -0.465 e. The molecule has 0 aliphatic heterocycles. The topological polar surface area (TPSA) is 43.4 Å². The van der Waals surface area contributed by atoms with Crippen LogP contribution in [0.3, 0.4) is 0 Å². The minimum absolute atomic E-state index is 0.162. The molecular formula is C21H26O3. The lowest BCUT2D eigenvalue weighted by molar-refractivity contribution is -0.150. The van der Waals surface area contributed by atoms with Gasteiger partial charge in [0.25, 0.3) is 0 Å². The summed E-state index contributed by atoms with van der Waals surface area (Å²) in [6, 6.07) is 3.97. The Morgan fingerprint density at radius 3 is 2.54 bits per heavy atom. The van der Waals surface area contributed by atoms with E-state index in [2.05, 4.69) is 12.6 Å². The van der Waals surface area contributed by atoms with E-state index in [0.29, 0.717) is 24.0 Å². The molecule has 0 aromatic heterocycles. The fourth-order valence-corrected chi connectivity index (χ4v) is 3.81. The second-order valence-corrected chi connectivity index (χ2v) is 6.68. The molecule has 0 spiro atoms. The van der Waals surface area contributed by atoms with E-state index >= 15 is 0 Å². The lowest BCUT2D eigenvalue weighted by Crippen LogP contribution is -2.46. The Hall–Kier alpha value is -2.16. The Morgan fingerprint density at radius 2 is 2.00 bits per heavy atom. The molecule has 3 nitrogen and oxygen atoms in total. The first-order chi connectivity index (χ1) is 11.3. The normalized spacial score (nSPS) is 19.5. The number of carbonyl (C=O) groups is 2. The van der Waals surface area contributed by atoms with Crippen molar-refractivity contribution < 1.29 is 14.3 Å². The van der Waals surface area contributed by atoms with E-state index in [1.54, 1.807) is 13.0 Å². The lowest BCUT2D eigenvalue weighted by atomic mass is 9.64. The van der Waals surface area contributed by atoms with Crippen LogP contribution in [0.2, 0.25) is 0 Å². The number of Topliss-reactive ketones (excluding diaryl/α,β-unsaturated/α-hetero) is 1. The van der Waals surface area contributed by atoms with Gasteiger partial charge in [-0.2, -0.15) is 0 Å². The number of ketones is 1. The number of aryl methyl sites for hydroxylation is 2. The zero-order valence-electron chi connectivity index (χ0n) is 15.3. The highest BCUT2D eigenvalue weighted by atomic mass is 16.5. The second-order valence-electron chi connectivity index (χ2n) is 6.68. The molecule has 0 fully saturated rings. The molecule has 3 heteroatoms. The van der Waals surface area contributed by atoms with Crippen molar-refractivity contribution in [2.45, 2.75) is 47.5 Å². The predicted molar refractivity (Wildman–Crippen MR) is 96.2 cm³/mol. The van der Waals surface area contributed by atoms with E-state index in [1.165, 1.54) is 0 Å². The SMILES string of the molecule is C=CC(=C(C)C)[C@]1(C(=O)OCC)CCc2c(C)cc(C)cc2C1=O. The van der Waals surface area contributed by atoms with Crippen molar-refractivity contribution in [3.8, 4) is 0 Å². The van der Waals surface area contributed by atoms with E-state index in [9.17, 15) is 9.59 Å². The van der Waals surface area contributed by atoms with E-state index < -0.39 is 11.4 Å². The van der Waals surface area contributed by atoms with Crippen molar-refractivity contribution in [2.24, 2.45) is 5.41 Å². The van der Waals surface area contributed by atoms with Gasteiger partial charge in [0.15, 0.2) is 11.2 Å². The van der Waals surface area contributed by atoms with E-state index in [0.717, 1.165) is 22.3 Å². The number of hydrogen-bond donors (Lipinski definition) is 0. The summed E-state index contributed by atoms with van der Waals surface area (Å²) in [5.41, 5.74) is 4.14. The van der Waals surface area contributed by atoms with Gasteiger partial charge in [0.05, 0.1) is 6.61 Å². The van der Waals surface area contributed by atoms with Crippen LogP contribution in [0.15, 0.2) is 35.9 Å². The van der Waals surface area contributed by atoms with Gasteiger partial charge in [0, 0.05) is 5.56 Å². The first-order valence-corrected chi connectivity index (χ1v) is 8.42. The highest BCUT2D eigenvalue weighted by Gasteiger charge is 2.52. The van der Waals surface area contributed by atoms with Crippen LogP contribution < -0.4 is 0 Å². The highest BCUT2D eigenvalue weighted by molar-refractivity contribution is 6.17. The number of ether oxygens (including phenoxy) is 1. The average molecular weight is 326 g/mol. The summed E-state index contributed by atoms with van der Waals surface area (Å²) in [5.74, 6) is -0.624. The molecule has 128 valence electrons. The van der Waals surface area contributed by atoms with Gasteiger partial charge in [0.1, 0.15) is 0 Å². The first-order valence-electron chi connectivity index (χ1n) is 8.42. The molecule has 1 aromatic rings. The van der Waals surface area contributed by atoms with Crippen LogP contribution in [0.25, 0.3) is 0 Å². The van der Waals surface area contributed by atoms with Gasteiger partial charge in [-0.1, -0.05) is 29.9 Å². The molecule has 0 radical (unpaired) electrons. The predicted octanol–water partition coefficient (Wildman–Crippen LogP) is 4.50. The summed E-state index contributed by atoms with van der Waals surface area (Å²) < 4.78 is 5.32. The summed E-state index contributed by atoms with van der Waals surface area (Å²) in [4.78, 5) is 26.4. The zero-order chi connectivity index (χ0) is 18.1. The summed E-state index contributed by atoms with van der Waals surface area (Å²) in [5, 5.41) is 0. The third kappa shape index (κ3) is 2.72. The van der Waals surface area contributed by atoms with Gasteiger partial charge >= 0.3 is 5.97 Å². The number of benzene rings is 1. The van der Waals surface area contributed by atoms with Crippen LogP contribution in [-0.2, 0) is 16.0 Å². The van der Waals surface area contributed by atoms with Crippen LogP contribution in [0, 0.1) is 19.3 Å². The Labute approximate surface area is 144 Å². The maximum absolute atomic E-state index is 13.5. The maximum atomic E-state index is 13.5. The van der Waals surface area contributed by atoms with E-state index in [-0.39, 0.29) is 12.4 Å². The molecule has 1 aliphatic carbocycles. The van der Waals surface area contributed by atoms with Crippen molar-refractivity contribution in [2.75, 3.05) is 6.61 Å². The van der Waals surface area contributed by atoms with Gasteiger partial charge in [-0.05, 0) is 70.2 Å². The molecule has 0 bridgehead atoms. The van der Waals surface area contributed by atoms with Crippen molar-refractivity contribution in [1.82, 2.24) is 0 Å². The van der Waals surface area contributed by atoms with Crippen LogP contribution in [-0.4, -0.2) is 18.4 Å². The fourth-order valence-electron chi connectivity index (χ4n) is 3.81. The molecule has 0 heterocycles. The van der Waals surface area contributed by atoms with Crippen molar-refractivity contribution in [3.05, 3.63) is 58.2 Å². The molecule has 1 aromatic carbocycles. The lowest BCUT2D eigenvalue weighted by Gasteiger charge is -2.37. The molecular weight excluding hydrogens is 300 g/mol. The Bertz CT molecular complexity index is 736. The monoisotopic (exact) mass is 326 g/mol. The molecule has 2 rings (SSSR count). The average Bonchev–Trinajstić information content (AvgIpc) is 2.50. The molecule has 0 saturated carbocycles. The van der Waals surface area contributed by atoms with Crippen LogP contribution in [0.1, 0.15) is 54.2 Å². The van der Waals surface area contributed by atoms with Gasteiger partial charge in [-0.25, -0.2) is 0 Å². The van der Waals surface area contributed by atoms with Gasteiger partial charge in [-0.3, -0.25) is 9.59 Å². The molecule has 0 unspecified atom stereocenters. The smallest absolute Gasteiger partial charge is 0.324 e. The number of rotatable bonds is 4. The molecule has 0 saturated heterocycles. The summed E-state index contributed by atoms with van der Waals surface area (Å²) in [6.45, 7) is 13.7. The van der Waals surface area contributed by atoms with Gasteiger partial charge in [0.2, 0.25) is 0 Å². The Morgan fingerprint density at radius 1 is 1.33 bits per heavy atom. The third-order valence-corrected chi connectivity index (χ3v) is 4.83. The standard InChI is InChI=1S/C21H26O3/c1-7-18(13(3)4)21(20(23)24-8-2)10-9-16-15(6)11-14(5)12-17(16)19(21)22/h7,11-12H,1,8-10H2,2-6H3/t21-/m1/s1. The van der Waals surface area contributed by atoms with Crippen molar-refractivity contribution in [3.63, 3.8) is 0 Å². The number of allylic oxidation sites excluding steroid dienone is 2.